The fraction of sp³-hybridized carbons (Fsp3) is 0.308. The number of nitrogens with two attached hydrogens (primary N) is 1. The highest BCUT2D eigenvalue weighted by molar-refractivity contribution is 5.82. The van der Waals surface area contributed by atoms with Gasteiger partial charge in [0.2, 0.25) is 0 Å². The third-order valence-corrected chi connectivity index (χ3v) is 2.91. The highest BCUT2D eigenvalue weighted by atomic mass is 16.3. The number of carbonyl (C=O) groups is 1. The van der Waals surface area contributed by atoms with Crippen molar-refractivity contribution in [1.29, 1.82) is 0 Å². The van der Waals surface area contributed by atoms with Gasteiger partial charge < -0.3 is 15.5 Å². The third kappa shape index (κ3) is 2.25. The molecule has 0 bridgehead atoms. The summed E-state index contributed by atoms with van der Waals surface area (Å²) in [7, 11) is 0. The first-order valence-electron chi connectivity index (χ1n) is 5.51. The first kappa shape index (κ1) is 11.5. The van der Waals surface area contributed by atoms with Crippen LogP contribution < -0.4 is 11.1 Å². The largest absolute Gasteiger partial charge is 0.464 e. The molecule has 0 aliphatic carbocycles. The van der Waals surface area contributed by atoms with Crippen molar-refractivity contribution in [2.45, 2.75) is 19.3 Å². The number of amides is 2. The normalized spacial score (nSPS) is 11.6. The molecule has 0 aliphatic heterocycles. The Morgan fingerprint density at radius 3 is 2.82 bits per heavy atom. The second kappa shape index (κ2) is 4.13. The van der Waals surface area contributed by atoms with Crippen LogP contribution in [0.2, 0.25) is 0 Å². The zero-order valence-electron chi connectivity index (χ0n) is 9.99. The number of benzene rings is 1. The minimum atomic E-state index is -0.508. The number of primary amides is 1. The number of hydrogen-bond donors (Lipinski definition) is 2. The lowest BCUT2D eigenvalue weighted by atomic mass is 9.84. The molecule has 17 heavy (non-hydrogen) atoms. The summed E-state index contributed by atoms with van der Waals surface area (Å²) in [4.78, 5) is 10.8. The fourth-order valence-electron chi connectivity index (χ4n) is 1.91. The van der Waals surface area contributed by atoms with Gasteiger partial charge >= 0.3 is 6.03 Å². The van der Waals surface area contributed by atoms with Crippen molar-refractivity contribution in [1.82, 2.24) is 5.32 Å². The van der Waals surface area contributed by atoms with Gasteiger partial charge in [-0.25, -0.2) is 4.79 Å². The summed E-state index contributed by atoms with van der Waals surface area (Å²) < 4.78 is 5.50. The zero-order chi connectivity index (χ0) is 12.5. The number of hydrogen-bond acceptors (Lipinski definition) is 2. The molecule has 2 amide bonds. The molecule has 3 N–H and O–H groups in total. The minimum Gasteiger partial charge on any atom is -0.464 e. The number of rotatable bonds is 3. The maximum absolute atomic E-state index is 10.8. The Hall–Kier alpha value is -1.97. The highest BCUT2D eigenvalue weighted by Crippen LogP contribution is 2.31. The van der Waals surface area contributed by atoms with Crippen LogP contribution in [0.25, 0.3) is 11.0 Å². The van der Waals surface area contributed by atoms with E-state index in [0.717, 1.165) is 16.5 Å². The van der Waals surface area contributed by atoms with Crippen LogP contribution in [0, 0.1) is 0 Å². The van der Waals surface area contributed by atoms with Crippen molar-refractivity contribution in [3.8, 4) is 0 Å². The van der Waals surface area contributed by atoms with Gasteiger partial charge in [0.1, 0.15) is 5.58 Å². The molecular formula is C13H16N2O2. The SMILES string of the molecule is CC(C)(CNC(N)=O)c1coc2ccccc12. The van der Waals surface area contributed by atoms with Crippen molar-refractivity contribution in [3.05, 3.63) is 36.1 Å². The van der Waals surface area contributed by atoms with E-state index in [2.05, 4.69) is 5.32 Å². The Morgan fingerprint density at radius 2 is 2.12 bits per heavy atom. The van der Waals surface area contributed by atoms with Gasteiger partial charge in [-0.3, -0.25) is 0 Å². The molecule has 0 unspecified atom stereocenters. The van der Waals surface area contributed by atoms with Crippen molar-refractivity contribution < 1.29 is 9.21 Å². The van der Waals surface area contributed by atoms with Crippen molar-refractivity contribution in [2.24, 2.45) is 5.73 Å². The summed E-state index contributed by atoms with van der Waals surface area (Å²) in [5, 5.41) is 3.71. The molecule has 1 aromatic heterocycles. The average Bonchev–Trinajstić information content (AvgIpc) is 2.71. The van der Waals surface area contributed by atoms with Crippen LogP contribution in [0.4, 0.5) is 4.79 Å². The molecule has 1 heterocycles. The van der Waals surface area contributed by atoms with Gasteiger partial charge in [0, 0.05) is 22.9 Å². The van der Waals surface area contributed by atoms with Crippen LogP contribution in [0.5, 0.6) is 0 Å². The number of urea groups is 1. The van der Waals surface area contributed by atoms with E-state index < -0.39 is 6.03 Å². The first-order valence-corrected chi connectivity index (χ1v) is 5.51. The van der Waals surface area contributed by atoms with E-state index in [1.807, 2.05) is 38.1 Å². The van der Waals surface area contributed by atoms with Gasteiger partial charge in [-0.1, -0.05) is 32.0 Å². The van der Waals surface area contributed by atoms with Gasteiger partial charge in [0.25, 0.3) is 0 Å². The lowest BCUT2D eigenvalue weighted by molar-refractivity contribution is 0.246. The molecule has 0 spiro atoms. The van der Waals surface area contributed by atoms with Crippen LogP contribution in [0.3, 0.4) is 0 Å². The molecule has 0 saturated carbocycles. The molecule has 2 rings (SSSR count). The molecule has 4 heteroatoms. The predicted octanol–water partition coefficient (Wildman–Crippen LogP) is 2.38. The maximum Gasteiger partial charge on any atom is 0.312 e. The Labute approximate surface area is 99.8 Å². The summed E-state index contributed by atoms with van der Waals surface area (Å²) in [6.45, 7) is 4.56. The van der Waals surface area contributed by atoms with E-state index in [-0.39, 0.29) is 5.41 Å². The lowest BCUT2D eigenvalue weighted by Crippen LogP contribution is -2.39. The average molecular weight is 232 g/mol. The second-order valence-electron chi connectivity index (χ2n) is 4.75. The number of fused-ring (bicyclic) bond motifs is 1. The summed E-state index contributed by atoms with van der Waals surface area (Å²) in [6, 6.07) is 7.34. The zero-order valence-corrected chi connectivity index (χ0v) is 9.99. The molecule has 0 radical (unpaired) electrons. The Morgan fingerprint density at radius 1 is 1.41 bits per heavy atom. The smallest absolute Gasteiger partial charge is 0.312 e. The van der Waals surface area contributed by atoms with Crippen molar-refractivity contribution in [2.75, 3.05) is 6.54 Å². The fourth-order valence-corrected chi connectivity index (χ4v) is 1.91. The summed E-state index contributed by atoms with van der Waals surface area (Å²) in [5.74, 6) is 0. The van der Waals surface area contributed by atoms with E-state index in [0.29, 0.717) is 6.54 Å². The monoisotopic (exact) mass is 232 g/mol. The van der Waals surface area contributed by atoms with Crippen LogP contribution in [-0.4, -0.2) is 12.6 Å². The quantitative estimate of drug-likeness (QED) is 0.853. The second-order valence-corrected chi connectivity index (χ2v) is 4.75. The molecule has 2 aromatic rings. The van der Waals surface area contributed by atoms with Gasteiger partial charge in [-0.15, -0.1) is 0 Å². The lowest BCUT2D eigenvalue weighted by Gasteiger charge is -2.23. The van der Waals surface area contributed by atoms with Crippen LogP contribution in [0.1, 0.15) is 19.4 Å². The van der Waals surface area contributed by atoms with Gasteiger partial charge in [0.05, 0.1) is 6.26 Å². The number of furan rings is 1. The Kier molecular flexibility index (Phi) is 2.79. The topological polar surface area (TPSA) is 68.3 Å². The number of nitrogens with one attached hydrogen (secondary N) is 1. The van der Waals surface area contributed by atoms with Crippen molar-refractivity contribution >= 4 is 17.0 Å². The maximum atomic E-state index is 10.8. The van der Waals surface area contributed by atoms with Crippen LogP contribution >= 0.6 is 0 Å². The molecule has 90 valence electrons. The number of carbonyl (C=O) groups excluding carboxylic acids is 1. The highest BCUT2D eigenvalue weighted by Gasteiger charge is 2.25. The van der Waals surface area contributed by atoms with E-state index in [1.165, 1.54) is 0 Å². The number of para-hydroxylation sites is 1. The summed E-state index contributed by atoms with van der Waals surface area (Å²) >= 11 is 0. The molecule has 0 aliphatic rings. The summed E-state index contributed by atoms with van der Waals surface area (Å²) in [6.07, 6.45) is 1.74. The van der Waals surface area contributed by atoms with E-state index in [4.69, 9.17) is 10.2 Å². The van der Waals surface area contributed by atoms with Crippen LogP contribution in [-0.2, 0) is 5.41 Å². The third-order valence-electron chi connectivity index (χ3n) is 2.91. The predicted molar refractivity (Wildman–Crippen MR) is 66.8 cm³/mol. The van der Waals surface area contributed by atoms with Gasteiger partial charge in [0.15, 0.2) is 0 Å². The van der Waals surface area contributed by atoms with Gasteiger partial charge in [-0.05, 0) is 6.07 Å². The molecule has 4 nitrogen and oxygen atoms in total. The van der Waals surface area contributed by atoms with E-state index in [1.54, 1.807) is 6.26 Å². The molecule has 0 fully saturated rings. The van der Waals surface area contributed by atoms with E-state index in [9.17, 15) is 4.79 Å². The Bertz CT molecular complexity index is 543. The van der Waals surface area contributed by atoms with Crippen LogP contribution in [0.15, 0.2) is 34.9 Å². The molecular weight excluding hydrogens is 216 g/mol. The molecule has 1 aromatic carbocycles. The minimum absolute atomic E-state index is 0.221. The Balaban J connectivity index is 2.35. The standard InChI is InChI=1S/C13H16N2O2/c1-13(2,8-15-12(14)16)10-7-17-11-6-4-3-5-9(10)11/h3-7H,8H2,1-2H3,(H3,14,15,16). The van der Waals surface area contributed by atoms with Crippen molar-refractivity contribution in [3.63, 3.8) is 0 Å². The van der Waals surface area contributed by atoms with Gasteiger partial charge in [-0.2, -0.15) is 0 Å². The molecule has 0 atom stereocenters. The first-order chi connectivity index (χ1) is 8.00. The molecule has 0 saturated heterocycles. The van der Waals surface area contributed by atoms with E-state index >= 15 is 0 Å². The summed E-state index contributed by atoms with van der Waals surface area (Å²) in [5.41, 5.74) is 6.80.